The number of fused-ring (bicyclic) bond motifs is 1. The zero-order valence-electron chi connectivity index (χ0n) is 16.6. The van der Waals surface area contributed by atoms with Crippen LogP contribution in [0.15, 0.2) is 66.7 Å². The van der Waals surface area contributed by atoms with Gasteiger partial charge in [-0.25, -0.2) is 0 Å². The van der Waals surface area contributed by atoms with Crippen LogP contribution >= 0.6 is 0 Å². The van der Waals surface area contributed by atoms with Crippen molar-refractivity contribution in [3.8, 4) is 17.4 Å². The van der Waals surface area contributed by atoms with Crippen LogP contribution in [-0.2, 0) is 6.42 Å². The summed E-state index contributed by atoms with van der Waals surface area (Å²) in [6.07, 6.45) is 1.79. The molecule has 29 heavy (non-hydrogen) atoms. The second kappa shape index (κ2) is 8.27. The smallest absolute Gasteiger partial charge is 0.336 e. The fraction of sp³-hybridized carbons (Fsp3) is 0.208. The minimum Gasteiger partial charge on any atom is -0.462 e. The highest BCUT2D eigenvalue weighted by Crippen LogP contribution is 2.25. The Morgan fingerprint density at radius 2 is 1.72 bits per heavy atom. The lowest BCUT2D eigenvalue weighted by Gasteiger charge is -2.08. The monoisotopic (exact) mass is 385 g/mol. The van der Waals surface area contributed by atoms with Crippen LogP contribution < -0.4 is 4.74 Å². The van der Waals surface area contributed by atoms with Gasteiger partial charge in [0.05, 0.1) is 6.61 Å². The summed E-state index contributed by atoms with van der Waals surface area (Å²) in [5.74, 6) is 0.256. The normalized spacial score (nSPS) is 11.0. The molecule has 0 atom stereocenters. The van der Waals surface area contributed by atoms with E-state index in [0.717, 1.165) is 29.2 Å². The molecule has 4 rings (SSSR count). The fourth-order valence-electron chi connectivity index (χ4n) is 3.29. The van der Waals surface area contributed by atoms with Crippen molar-refractivity contribution in [2.75, 3.05) is 6.61 Å². The summed E-state index contributed by atoms with van der Waals surface area (Å²) in [5, 5.41) is 6.28. The van der Waals surface area contributed by atoms with Crippen LogP contribution in [-0.4, -0.2) is 27.3 Å². The topological polar surface area (TPSA) is 57.0 Å². The number of nitrogens with zero attached hydrogens (tertiary/aromatic N) is 3. The average molecular weight is 385 g/mol. The van der Waals surface area contributed by atoms with Gasteiger partial charge in [0.15, 0.2) is 5.82 Å². The third-order valence-electron chi connectivity index (χ3n) is 4.86. The SMILES string of the molecule is CCCOc1nc(-c2ccc(CC)cc2)n(C(=O)c2cccc3ccccc23)n1. The molecule has 0 radical (unpaired) electrons. The lowest BCUT2D eigenvalue weighted by atomic mass is 10.0. The van der Waals surface area contributed by atoms with Gasteiger partial charge in [-0.15, -0.1) is 5.10 Å². The molecule has 5 heteroatoms. The van der Waals surface area contributed by atoms with Crippen LogP contribution in [0.3, 0.4) is 0 Å². The molecular weight excluding hydrogens is 362 g/mol. The van der Waals surface area contributed by atoms with Crippen molar-refractivity contribution in [1.82, 2.24) is 14.8 Å². The molecule has 146 valence electrons. The van der Waals surface area contributed by atoms with Crippen molar-refractivity contribution in [1.29, 1.82) is 0 Å². The zero-order valence-corrected chi connectivity index (χ0v) is 16.6. The minimum absolute atomic E-state index is 0.218. The number of carbonyl (C=O) groups excluding carboxylic acids is 1. The van der Waals surface area contributed by atoms with E-state index in [-0.39, 0.29) is 11.9 Å². The maximum Gasteiger partial charge on any atom is 0.336 e. The summed E-state index contributed by atoms with van der Waals surface area (Å²) < 4.78 is 6.98. The van der Waals surface area contributed by atoms with Gasteiger partial charge < -0.3 is 4.74 Å². The summed E-state index contributed by atoms with van der Waals surface area (Å²) in [4.78, 5) is 18.0. The van der Waals surface area contributed by atoms with Gasteiger partial charge in [-0.05, 0) is 35.2 Å². The van der Waals surface area contributed by atoms with Gasteiger partial charge in [-0.2, -0.15) is 9.67 Å². The molecule has 0 aliphatic rings. The van der Waals surface area contributed by atoms with Crippen LogP contribution in [0.2, 0.25) is 0 Å². The third kappa shape index (κ3) is 3.76. The largest absolute Gasteiger partial charge is 0.462 e. The number of aryl methyl sites for hydroxylation is 1. The minimum atomic E-state index is -0.227. The van der Waals surface area contributed by atoms with Gasteiger partial charge in [-0.3, -0.25) is 4.79 Å². The van der Waals surface area contributed by atoms with Gasteiger partial charge in [0.1, 0.15) is 0 Å². The number of hydrogen-bond donors (Lipinski definition) is 0. The molecule has 0 saturated heterocycles. The third-order valence-corrected chi connectivity index (χ3v) is 4.86. The molecular formula is C24H23N3O2. The maximum atomic E-state index is 13.5. The van der Waals surface area contributed by atoms with Crippen molar-refractivity contribution >= 4 is 16.7 Å². The highest BCUT2D eigenvalue weighted by molar-refractivity contribution is 6.08. The molecule has 1 heterocycles. The Balaban J connectivity index is 1.82. The van der Waals surface area contributed by atoms with E-state index in [1.165, 1.54) is 10.2 Å². The van der Waals surface area contributed by atoms with Gasteiger partial charge >= 0.3 is 6.01 Å². The lowest BCUT2D eigenvalue weighted by Crippen LogP contribution is -2.15. The van der Waals surface area contributed by atoms with Crippen molar-refractivity contribution in [2.45, 2.75) is 26.7 Å². The zero-order chi connectivity index (χ0) is 20.2. The highest BCUT2D eigenvalue weighted by Gasteiger charge is 2.21. The quantitative estimate of drug-likeness (QED) is 0.461. The van der Waals surface area contributed by atoms with Crippen LogP contribution in [0, 0.1) is 0 Å². The molecule has 0 bridgehead atoms. The number of ether oxygens (including phenoxy) is 1. The first-order chi connectivity index (χ1) is 14.2. The molecule has 0 fully saturated rings. The van der Waals surface area contributed by atoms with Gasteiger partial charge in [0, 0.05) is 11.1 Å². The van der Waals surface area contributed by atoms with Crippen LogP contribution in [0.5, 0.6) is 6.01 Å². The number of rotatable bonds is 6. The molecule has 1 aromatic heterocycles. The van der Waals surface area contributed by atoms with E-state index in [1.807, 2.05) is 73.7 Å². The van der Waals surface area contributed by atoms with Crippen molar-refractivity contribution < 1.29 is 9.53 Å². The van der Waals surface area contributed by atoms with E-state index in [2.05, 4.69) is 17.0 Å². The predicted octanol–water partition coefficient (Wildman–Crippen LogP) is 5.14. The number of carbonyl (C=O) groups is 1. The second-order valence-electron chi connectivity index (χ2n) is 6.86. The van der Waals surface area contributed by atoms with Crippen molar-refractivity contribution in [2.24, 2.45) is 0 Å². The molecule has 0 amide bonds. The fourth-order valence-corrected chi connectivity index (χ4v) is 3.29. The molecule has 0 aliphatic heterocycles. The Kier molecular flexibility index (Phi) is 5.38. The maximum absolute atomic E-state index is 13.5. The Morgan fingerprint density at radius 3 is 2.48 bits per heavy atom. The number of hydrogen-bond acceptors (Lipinski definition) is 4. The van der Waals surface area contributed by atoms with E-state index in [4.69, 9.17) is 4.74 Å². The van der Waals surface area contributed by atoms with Gasteiger partial charge in [0.2, 0.25) is 0 Å². The Labute approximate surface area is 170 Å². The van der Waals surface area contributed by atoms with Crippen molar-refractivity contribution in [3.63, 3.8) is 0 Å². The standard InChI is InChI=1S/C24H23N3O2/c1-3-16-29-24-25-22(19-14-12-17(4-2)13-15-19)27(26-24)23(28)21-11-7-9-18-8-5-6-10-20(18)21/h5-15H,3-4,16H2,1-2H3. The summed E-state index contributed by atoms with van der Waals surface area (Å²) in [5.41, 5.74) is 2.64. The molecule has 0 spiro atoms. The van der Waals surface area contributed by atoms with Crippen LogP contribution in [0.4, 0.5) is 0 Å². The van der Waals surface area contributed by atoms with E-state index < -0.39 is 0 Å². The molecule has 0 saturated carbocycles. The Hall–Kier alpha value is -3.47. The first kappa shape index (κ1) is 18.9. The number of benzene rings is 3. The van der Waals surface area contributed by atoms with E-state index in [0.29, 0.717) is 18.0 Å². The summed E-state index contributed by atoms with van der Waals surface area (Å²) in [7, 11) is 0. The molecule has 0 unspecified atom stereocenters. The second-order valence-corrected chi connectivity index (χ2v) is 6.86. The number of aromatic nitrogens is 3. The summed E-state index contributed by atoms with van der Waals surface area (Å²) in [6, 6.07) is 21.8. The summed E-state index contributed by atoms with van der Waals surface area (Å²) >= 11 is 0. The Morgan fingerprint density at radius 1 is 0.966 bits per heavy atom. The highest BCUT2D eigenvalue weighted by atomic mass is 16.5. The molecule has 4 aromatic rings. The lowest BCUT2D eigenvalue weighted by molar-refractivity contribution is 0.0946. The molecule has 5 nitrogen and oxygen atoms in total. The van der Waals surface area contributed by atoms with Crippen LogP contribution in [0.25, 0.3) is 22.2 Å². The summed E-state index contributed by atoms with van der Waals surface area (Å²) in [6.45, 7) is 4.63. The molecule has 3 aromatic carbocycles. The van der Waals surface area contributed by atoms with E-state index in [1.54, 1.807) is 0 Å². The predicted molar refractivity (Wildman–Crippen MR) is 114 cm³/mol. The van der Waals surface area contributed by atoms with Crippen molar-refractivity contribution in [3.05, 3.63) is 77.9 Å². The van der Waals surface area contributed by atoms with E-state index in [9.17, 15) is 4.79 Å². The van der Waals surface area contributed by atoms with E-state index >= 15 is 0 Å². The molecule has 0 aliphatic carbocycles. The first-order valence-electron chi connectivity index (χ1n) is 9.93. The first-order valence-corrected chi connectivity index (χ1v) is 9.93. The van der Waals surface area contributed by atoms with Gasteiger partial charge in [-0.1, -0.05) is 74.5 Å². The molecule has 0 N–H and O–H groups in total. The average Bonchev–Trinajstić information content (AvgIpc) is 3.21. The van der Waals surface area contributed by atoms with Crippen LogP contribution in [0.1, 0.15) is 36.2 Å². The van der Waals surface area contributed by atoms with Gasteiger partial charge in [0.25, 0.3) is 5.91 Å². The Bertz CT molecular complexity index is 1140.